The molecular formula is C22H24N2O. The summed E-state index contributed by atoms with van der Waals surface area (Å²) in [6.45, 7) is 7.25. The second-order valence-electron chi connectivity index (χ2n) is 6.73. The second-order valence-corrected chi connectivity index (χ2v) is 6.73. The highest BCUT2D eigenvalue weighted by molar-refractivity contribution is 5.57. The summed E-state index contributed by atoms with van der Waals surface area (Å²) < 4.78 is 6.07. The minimum atomic E-state index is 0.883. The van der Waals surface area contributed by atoms with Gasteiger partial charge in [-0.1, -0.05) is 48.0 Å². The Morgan fingerprint density at radius 1 is 0.800 bits per heavy atom. The summed E-state index contributed by atoms with van der Waals surface area (Å²) >= 11 is 0. The fourth-order valence-electron chi connectivity index (χ4n) is 3.36. The van der Waals surface area contributed by atoms with Crippen LogP contribution in [0.5, 0.6) is 0 Å². The van der Waals surface area contributed by atoms with Crippen molar-refractivity contribution < 1.29 is 4.42 Å². The molecule has 2 aromatic carbocycles. The van der Waals surface area contributed by atoms with Gasteiger partial charge in [0.25, 0.3) is 0 Å². The minimum absolute atomic E-state index is 0.883. The largest absolute Gasteiger partial charge is 0.460 e. The molecule has 0 N–H and O–H groups in total. The normalized spacial score (nSPS) is 15.5. The topological polar surface area (TPSA) is 19.6 Å². The molecule has 1 saturated heterocycles. The van der Waals surface area contributed by atoms with Gasteiger partial charge < -0.3 is 9.32 Å². The van der Waals surface area contributed by atoms with Crippen molar-refractivity contribution in [3.63, 3.8) is 0 Å². The van der Waals surface area contributed by atoms with Gasteiger partial charge in [-0.3, -0.25) is 4.90 Å². The average Bonchev–Trinajstić information content (AvgIpc) is 3.12. The van der Waals surface area contributed by atoms with E-state index < -0.39 is 0 Å². The van der Waals surface area contributed by atoms with E-state index in [0.29, 0.717) is 0 Å². The lowest BCUT2D eigenvalue weighted by molar-refractivity contribution is 0.231. The third-order valence-electron chi connectivity index (χ3n) is 4.87. The molecule has 2 heterocycles. The predicted molar refractivity (Wildman–Crippen MR) is 103 cm³/mol. The number of para-hydroxylation sites is 1. The molecule has 1 fully saturated rings. The lowest BCUT2D eigenvalue weighted by Crippen LogP contribution is -2.45. The molecule has 0 aliphatic carbocycles. The van der Waals surface area contributed by atoms with E-state index in [2.05, 4.69) is 83.5 Å². The molecule has 0 amide bonds. The first-order chi connectivity index (χ1) is 12.3. The molecule has 128 valence electrons. The van der Waals surface area contributed by atoms with Crippen molar-refractivity contribution in [2.45, 2.75) is 13.5 Å². The highest BCUT2D eigenvalue weighted by Crippen LogP contribution is 2.24. The maximum absolute atomic E-state index is 6.07. The molecule has 3 heteroatoms. The number of benzene rings is 2. The van der Waals surface area contributed by atoms with Crippen LogP contribution < -0.4 is 4.90 Å². The highest BCUT2D eigenvalue weighted by atomic mass is 16.3. The van der Waals surface area contributed by atoms with Gasteiger partial charge in [-0.25, -0.2) is 0 Å². The number of aryl methyl sites for hydroxylation is 1. The lowest BCUT2D eigenvalue weighted by atomic mass is 10.1. The van der Waals surface area contributed by atoms with Gasteiger partial charge in [0, 0.05) is 37.4 Å². The molecule has 1 aromatic heterocycles. The summed E-state index contributed by atoms with van der Waals surface area (Å²) in [7, 11) is 0. The van der Waals surface area contributed by atoms with E-state index in [-0.39, 0.29) is 0 Å². The number of nitrogens with zero attached hydrogens (tertiary/aromatic N) is 2. The van der Waals surface area contributed by atoms with Crippen LogP contribution in [0.15, 0.2) is 71.1 Å². The SMILES string of the molecule is Cc1ccc(-c2ccc(CN3CCN(c4ccccc4)CC3)o2)cc1. The molecule has 3 aromatic rings. The van der Waals surface area contributed by atoms with Crippen molar-refractivity contribution in [3.8, 4) is 11.3 Å². The van der Waals surface area contributed by atoms with E-state index in [1.165, 1.54) is 11.3 Å². The fourth-order valence-corrected chi connectivity index (χ4v) is 3.36. The number of piperazine rings is 1. The maximum Gasteiger partial charge on any atom is 0.134 e. The Morgan fingerprint density at radius 3 is 2.24 bits per heavy atom. The van der Waals surface area contributed by atoms with Crippen LogP contribution >= 0.6 is 0 Å². The smallest absolute Gasteiger partial charge is 0.134 e. The summed E-state index contributed by atoms with van der Waals surface area (Å²) in [6, 6.07) is 23.4. The molecular weight excluding hydrogens is 308 g/mol. The van der Waals surface area contributed by atoms with Gasteiger partial charge in [-0.2, -0.15) is 0 Å². The Labute approximate surface area is 149 Å². The highest BCUT2D eigenvalue weighted by Gasteiger charge is 2.18. The molecule has 0 radical (unpaired) electrons. The zero-order valence-electron chi connectivity index (χ0n) is 14.7. The predicted octanol–water partition coefficient (Wildman–Crippen LogP) is 4.58. The first-order valence-electron chi connectivity index (χ1n) is 8.96. The van der Waals surface area contributed by atoms with E-state index in [9.17, 15) is 0 Å². The third kappa shape index (κ3) is 3.77. The molecule has 1 aliphatic rings. The third-order valence-corrected chi connectivity index (χ3v) is 4.87. The van der Waals surface area contributed by atoms with E-state index in [0.717, 1.165) is 49.8 Å². The Bertz CT molecular complexity index is 800. The van der Waals surface area contributed by atoms with Crippen LogP contribution in [0.3, 0.4) is 0 Å². The summed E-state index contributed by atoms with van der Waals surface area (Å²) in [6.07, 6.45) is 0. The Morgan fingerprint density at radius 2 is 1.52 bits per heavy atom. The number of hydrogen-bond acceptors (Lipinski definition) is 3. The fraction of sp³-hybridized carbons (Fsp3) is 0.273. The molecule has 1 aliphatic heterocycles. The standard InChI is InChI=1S/C22H24N2O/c1-18-7-9-19(10-8-18)22-12-11-21(25-22)17-23-13-15-24(16-14-23)20-5-3-2-4-6-20/h2-12H,13-17H2,1H3. The molecule has 0 atom stereocenters. The monoisotopic (exact) mass is 332 g/mol. The summed E-state index contributed by atoms with van der Waals surface area (Å²) in [4.78, 5) is 4.92. The number of furan rings is 1. The van der Waals surface area contributed by atoms with Crippen molar-refractivity contribution in [2.75, 3.05) is 31.1 Å². The van der Waals surface area contributed by atoms with Crippen molar-refractivity contribution >= 4 is 5.69 Å². The van der Waals surface area contributed by atoms with Crippen LogP contribution in [-0.2, 0) is 6.54 Å². The zero-order chi connectivity index (χ0) is 17.1. The van der Waals surface area contributed by atoms with E-state index in [1.807, 2.05) is 0 Å². The lowest BCUT2D eigenvalue weighted by Gasteiger charge is -2.35. The minimum Gasteiger partial charge on any atom is -0.460 e. The van der Waals surface area contributed by atoms with E-state index >= 15 is 0 Å². The van der Waals surface area contributed by atoms with Crippen LogP contribution in [0, 0.1) is 6.92 Å². The van der Waals surface area contributed by atoms with Gasteiger partial charge in [0.15, 0.2) is 0 Å². The molecule has 3 nitrogen and oxygen atoms in total. The molecule has 0 unspecified atom stereocenters. The van der Waals surface area contributed by atoms with Gasteiger partial charge in [0.05, 0.1) is 6.54 Å². The first-order valence-corrected chi connectivity index (χ1v) is 8.96. The van der Waals surface area contributed by atoms with Crippen LogP contribution in [-0.4, -0.2) is 31.1 Å². The van der Waals surface area contributed by atoms with Crippen molar-refractivity contribution in [3.05, 3.63) is 78.1 Å². The second kappa shape index (κ2) is 7.16. The van der Waals surface area contributed by atoms with Crippen molar-refractivity contribution in [1.82, 2.24) is 4.90 Å². The first kappa shape index (κ1) is 16.0. The van der Waals surface area contributed by atoms with Gasteiger partial charge in [-0.15, -0.1) is 0 Å². The van der Waals surface area contributed by atoms with Crippen LogP contribution in [0.2, 0.25) is 0 Å². The van der Waals surface area contributed by atoms with Gasteiger partial charge in [0.1, 0.15) is 11.5 Å². The van der Waals surface area contributed by atoms with Crippen molar-refractivity contribution in [1.29, 1.82) is 0 Å². The maximum atomic E-state index is 6.07. The van der Waals surface area contributed by atoms with Crippen LogP contribution in [0.4, 0.5) is 5.69 Å². The van der Waals surface area contributed by atoms with E-state index in [1.54, 1.807) is 0 Å². The quantitative estimate of drug-likeness (QED) is 0.697. The number of rotatable bonds is 4. The number of hydrogen-bond donors (Lipinski definition) is 0. The van der Waals surface area contributed by atoms with Gasteiger partial charge in [0.2, 0.25) is 0 Å². The summed E-state index contributed by atoms with van der Waals surface area (Å²) in [5.74, 6) is 2.00. The Kier molecular flexibility index (Phi) is 4.57. The summed E-state index contributed by atoms with van der Waals surface area (Å²) in [5, 5.41) is 0. The van der Waals surface area contributed by atoms with E-state index in [4.69, 9.17) is 4.42 Å². The molecule has 0 spiro atoms. The van der Waals surface area contributed by atoms with Crippen molar-refractivity contribution in [2.24, 2.45) is 0 Å². The van der Waals surface area contributed by atoms with Gasteiger partial charge >= 0.3 is 0 Å². The molecule has 25 heavy (non-hydrogen) atoms. The molecule has 0 bridgehead atoms. The molecule has 4 rings (SSSR count). The van der Waals surface area contributed by atoms with Crippen LogP contribution in [0.25, 0.3) is 11.3 Å². The summed E-state index contributed by atoms with van der Waals surface area (Å²) in [5.41, 5.74) is 3.74. The molecule has 0 saturated carbocycles. The Balaban J connectivity index is 1.35. The average molecular weight is 332 g/mol. The van der Waals surface area contributed by atoms with Crippen LogP contribution in [0.1, 0.15) is 11.3 Å². The Hall–Kier alpha value is -2.52. The zero-order valence-corrected chi connectivity index (χ0v) is 14.7. The number of anilines is 1. The van der Waals surface area contributed by atoms with Gasteiger partial charge in [-0.05, 0) is 31.2 Å².